The van der Waals surface area contributed by atoms with Crippen molar-refractivity contribution in [2.24, 2.45) is 0 Å². The molecule has 3 aromatic rings. The Bertz CT molecular complexity index is 1130. The van der Waals surface area contributed by atoms with Gasteiger partial charge in [-0.1, -0.05) is 0 Å². The molecule has 9 heteroatoms. The number of carboxylic acid groups (broad SMARTS) is 1. The topological polar surface area (TPSA) is 115 Å². The summed E-state index contributed by atoms with van der Waals surface area (Å²) in [6.07, 6.45) is 2.15. The number of methoxy groups -OCH3 is 1. The molecule has 2 heterocycles. The second-order valence-corrected chi connectivity index (χ2v) is 6.95. The first kappa shape index (κ1) is 16.7. The molecule has 25 heavy (non-hydrogen) atoms. The van der Waals surface area contributed by atoms with Crippen LogP contribution in [-0.2, 0) is 9.84 Å². The van der Waals surface area contributed by atoms with Gasteiger partial charge in [0.15, 0.2) is 10.5 Å². The number of fused-ring (bicyclic) bond motifs is 1. The van der Waals surface area contributed by atoms with Crippen LogP contribution >= 0.6 is 0 Å². The lowest BCUT2D eigenvalue weighted by Gasteiger charge is -2.08. The zero-order chi connectivity index (χ0) is 18.2. The number of carbonyl (C=O) groups is 1. The van der Waals surface area contributed by atoms with Crippen LogP contribution in [0, 0.1) is 0 Å². The van der Waals surface area contributed by atoms with Crippen LogP contribution in [0.3, 0.4) is 0 Å². The third-order valence-electron chi connectivity index (χ3n) is 3.59. The summed E-state index contributed by atoms with van der Waals surface area (Å²) in [4.78, 5) is 27.0. The first-order valence-corrected chi connectivity index (χ1v) is 8.47. The summed E-state index contributed by atoms with van der Waals surface area (Å²) in [7, 11) is -2.67. The molecule has 0 bridgehead atoms. The van der Waals surface area contributed by atoms with Gasteiger partial charge >= 0.3 is 5.97 Å². The molecule has 0 aliphatic rings. The molecule has 0 atom stereocenters. The highest BCUT2D eigenvalue weighted by Gasteiger charge is 2.24. The number of sulfone groups is 1. The number of aromatic carboxylic acids is 1. The number of hydrogen-bond acceptors (Lipinski definition) is 6. The van der Waals surface area contributed by atoms with Gasteiger partial charge in [0.05, 0.1) is 18.2 Å². The van der Waals surface area contributed by atoms with Gasteiger partial charge in [-0.2, -0.15) is 0 Å². The molecule has 0 aliphatic heterocycles. The van der Waals surface area contributed by atoms with Crippen LogP contribution in [0.2, 0.25) is 0 Å². The SMILES string of the molecule is COc1ccc(S(=O)(=O)c2cnc3c(C(=O)O)cccn3c2=O)cc1. The molecule has 3 rings (SSSR count). The van der Waals surface area contributed by atoms with Gasteiger partial charge in [0.25, 0.3) is 5.56 Å². The Morgan fingerprint density at radius 1 is 1.20 bits per heavy atom. The van der Waals surface area contributed by atoms with Crippen LogP contribution in [0.25, 0.3) is 5.65 Å². The van der Waals surface area contributed by atoms with Crippen molar-refractivity contribution in [1.29, 1.82) is 0 Å². The molecule has 0 saturated carbocycles. The van der Waals surface area contributed by atoms with Crippen LogP contribution in [0.4, 0.5) is 0 Å². The van der Waals surface area contributed by atoms with Gasteiger partial charge in [0, 0.05) is 6.20 Å². The lowest BCUT2D eigenvalue weighted by molar-refractivity contribution is 0.0698. The van der Waals surface area contributed by atoms with E-state index in [1.807, 2.05) is 0 Å². The zero-order valence-electron chi connectivity index (χ0n) is 12.9. The fourth-order valence-corrected chi connectivity index (χ4v) is 3.59. The highest BCUT2D eigenvalue weighted by atomic mass is 32.2. The molecule has 0 saturated heterocycles. The fourth-order valence-electron chi connectivity index (χ4n) is 2.32. The van der Waals surface area contributed by atoms with Crippen LogP contribution in [0.15, 0.2) is 63.4 Å². The molecule has 1 aromatic carbocycles. The van der Waals surface area contributed by atoms with Crippen molar-refractivity contribution >= 4 is 21.5 Å². The first-order chi connectivity index (χ1) is 11.9. The summed E-state index contributed by atoms with van der Waals surface area (Å²) in [6.45, 7) is 0. The van der Waals surface area contributed by atoms with E-state index in [-0.39, 0.29) is 16.1 Å². The molecule has 0 amide bonds. The van der Waals surface area contributed by atoms with Gasteiger partial charge in [-0.3, -0.25) is 9.20 Å². The Morgan fingerprint density at radius 2 is 1.88 bits per heavy atom. The van der Waals surface area contributed by atoms with Crippen molar-refractivity contribution < 1.29 is 23.1 Å². The number of pyridine rings is 1. The number of carboxylic acids is 1. The molecule has 0 unspecified atom stereocenters. The number of aromatic nitrogens is 2. The summed E-state index contributed by atoms with van der Waals surface area (Å²) in [5, 5.41) is 9.14. The quantitative estimate of drug-likeness (QED) is 0.744. The fraction of sp³-hybridized carbons (Fsp3) is 0.0625. The summed E-state index contributed by atoms with van der Waals surface area (Å²) < 4.78 is 31.3. The lowest BCUT2D eigenvalue weighted by Crippen LogP contribution is -2.23. The molecule has 2 aromatic heterocycles. The summed E-state index contributed by atoms with van der Waals surface area (Å²) in [6, 6.07) is 8.17. The van der Waals surface area contributed by atoms with Gasteiger partial charge in [0.2, 0.25) is 9.84 Å². The normalized spacial score (nSPS) is 11.4. The maximum atomic E-state index is 12.7. The van der Waals surface area contributed by atoms with Gasteiger partial charge in [-0.05, 0) is 36.4 Å². The predicted molar refractivity (Wildman–Crippen MR) is 86.9 cm³/mol. The largest absolute Gasteiger partial charge is 0.497 e. The Hall–Kier alpha value is -3.20. The molecular formula is C16H12N2O6S. The summed E-state index contributed by atoms with van der Waals surface area (Å²) in [5.74, 6) is -0.797. The minimum absolute atomic E-state index is 0.0958. The Morgan fingerprint density at radius 3 is 2.48 bits per heavy atom. The number of hydrogen-bond donors (Lipinski definition) is 1. The molecular weight excluding hydrogens is 348 g/mol. The zero-order valence-corrected chi connectivity index (χ0v) is 13.7. The van der Waals surface area contributed by atoms with E-state index in [0.29, 0.717) is 5.75 Å². The minimum Gasteiger partial charge on any atom is -0.497 e. The van der Waals surface area contributed by atoms with Crippen molar-refractivity contribution in [3.05, 3.63) is 64.7 Å². The number of ether oxygens (including phenoxy) is 1. The maximum Gasteiger partial charge on any atom is 0.339 e. The van der Waals surface area contributed by atoms with Crippen molar-refractivity contribution in [2.45, 2.75) is 9.79 Å². The van der Waals surface area contributed by atoms with E-state index < -0.39 is 26.3 Å². The van der Waals surface area contributed by atoms with Crippen molar-refractivity contribution in [2.75, 3.05) is 7.11 Å². The molecule has 1 N–H and O–H groups in total. The van der Waals surface area contributed by atoms with Crippen molar-refractivity contribution in [3.63, 3.8) is 0 Å². The van der Waals surface area contributed by atoms with Gasteiger partial charge in [-0.25, -0.2) is 18.2 Å². The summed E-state index contributed by atoms with van der Waals surface area (Å²) in [5.41, 5.74) is -1.20. The Kier molecular flexibility index (Phi) is 4.01. The van der Waals surface area contributed by atoms with E-state index in [9.17, 15) is 18.0 Å². The van der Waals surface area contributed by atoms with Crippen LogP contribution in [0.1, 0.15) is 10.4 Å². The van der Waals surface area contributed by atoms with E-state index in [2.05, 4.69) is 4.98 Å². The van der Waals surface area contributed by atoms with Gasteiger partial charge in [-0.15, -0.1) is 0 Å². The maximum absolute atomic E-state index is 12.7. The number of rotatable bonds is 4. The standard InChI is InChI=1S/C16H12N2O6S/c1-24-10-4-6-11(7-5-10)25(22,23)13-9-17-14-12(16(20)21)3-2-8-18(14)15(13)19/h2-9H,1H3,(H,20,21). The first-order valence-electron chi connectivity index (χ1n) is 6.99. The third-order valence-corrected chi connectivity index (χ3v) is 5.34. The number of nitrogens with zero attached hydrogens (tertiary/aromatic N) is 2. The van der Waals surface area contributed by atoms with Crippen LogP contribution in [0.5, 0.6) is 5.75 Å². The molecule has 0 radical (unpaired) electrons. The van der Waals surface area contributed by atoms with Crippen LogP contribution < -0.4 is 10.3 Å². The van der Waals surface area contributed by atoms with E-state index in [4.69, 9.17) is 9.84 Å². The molecule has 0 aliphatic carbocycles. The second-order valence-electron chi connectivity index (χ2n) is 5.03. The molecule has 128 valence electrons. The van der Waals surface area contributed by atoms with Crippen LogP contribution in [-0.4, -0.2) is 36.0 Å². The highest BCUT2D eigenvalue weighted by molar-refractivity contribution is 7.91. The van der Waals surface area contributed by atoms with E-state index >= 15 is 0 Å². The van der Waals surface area contributed by atoms with Gasteiger partial charge in [0.1, 0.15) is 11.3 Å². The Balaban J connectivity index is 2.23. The number of benzene rings is 1. The minimum atomic E-state index is -4.12. The van der Waals surface area contributed by atoms with Crippen molar-refractivity contribution in [1.82, 2.24) is 9.38 Å². The van der Waals surface area contributed by atoms with E-state index in [1.54, 1.807) is 0 Å². The second kappa shape index (κ2) is 6.02. The lowest BCUT2D eigenvalue weighted by atomic mass is 10.2. The Labute approximate surface area is 141 Å². The van der Waals surface area contributed by atoms with E-state index in [1.165, 1.54) is 49.7 Å². The van der Waals surface area contributed by atoms with Gasteiger partial charge < -0.3 is 9.84 Å². The monoisotopic (exact) mass is 360 g/mol. The predicted octanol–water partition coefficient (Wildman–Crippen LogP) is 1.23. The van der Waals surface area contributed by atoms with E-state index in [0.717, 1.165) is 10.6 Å². The smallest absolute Gasteiger partial charge is 0.339 e. The highest BCUT2D eigenvalue weighted by Crippen LogP contribution is 2.21. The molecule has 8 nitrogen and oxygen atoms in total. The average molecular weight is 360 g/mol. The third kappa shape index (κ3) is 2.74. The van der Waals surface area contributed by atoms with Crippen molar-refractivity contribution in [3.8, 4) is 5.75 Å². The molecule has 0 fully saturated rings. The molecule has 0 spiro atoms. The summed E-state index contributed by atoms with van der Waals surface area (Å²) >= 11 is 0. The average Bonchev–Trinajstić information content (AvgIpc) is 2.61.